The van der Waals surface area contributed by atoms with E-state index in [-0.39, 0.29) is 12.2 Å². The maximum atomic E-state index is 11.4. The molecule has 0 aliphatic rings. The number of hydrogen-bond donors (Lipinski definition) is 4. The van der Waals surface area contributed by atoms with Gasteiger partial charge in [0.25, 0.3) is 0 Å². The molecule has 0 saturated carbocycles. The van der Waals surface area contributed by atoms with Crippen LogP contribution in [0.2, 0.25) is 0 Å². The van der Waals surface area contributed by atoms with E-state index in [1.807, 2.05) is 6.92 Å². The van der Waals surface area contributed by atoms with Crippen molar-refractivity contribution in [2.24, 2.45) is 0 Å². The Morgan fingerprint density at radius 1 is 1.26 bits per heavy atom. The van der Waals surface area contributed by atoms with Gasteiger partial charge in [0.1, 0.15) is 11.8 Å². The first-order chi connectivity index (χ1) is 9.02. The fraction of sp³-hybridized carbons (Fsp3) is 0.385. The Bertz CT molecular complexity index is 431. The van der Waals surface area contributed by atoms with Crippen LogP contribution in [0.4, 0.5) is 4.79 Å². The Kier molecular flexibility index (Phi) is 5.66. The minimum Gasteiger partial charge on any atom is -0.508 e. The van der Waals surface area contributed by atoms with Crippen molar-refractivity contribution in [3.8, 4) is 5.75 Å². The lowest BCUT2D eigenvalue weighted by atomic mass is 10.1. The number of phenols is 1. The Balaban J connectivity index is 2.60. The van der Waals surface area contributed by atoms with Crippen molar-refractivity contribution in [1.82, 2.24) is 10.6 Å². The molecular weight excluding hydrogens is 248 g/mol. The number of carboxylic acids is 1. The topological polar surface area (TPSA) is 98.7 Å². The fourth-order valence-corrected chi connectivity index (χ4v) is 1.52. The molecular formula is C13H18N2O4. The van der Waals surface area contributed by atoms with Gasteiger partial charge in [0.05, 0.1) is 0 Å². The first-order valence-corrected chi connectivity index (χ1v) is 6.08. The van der Waals surface area contributed by atoms with E-state index in [1.165, 1.54) is 12.1 Å². The van der Waals surface area contributed by atoms with Crippen molar-refractivity contribution in [3.63, 3.8) is 0 Å². The molecule has 4 N–H and O–H groups in total. The van der Waals surface area contributed by atoms with Crippen LogP contribution in [-0.2, 0) is 11.2 Å². The van der Waals surface area contributed by atoms with Gasteiger partial charge in [-0.2, -0.15) is 0 Å². The number of urea groups is 1. The number of nitrogens with one attached hydrogen (secondary N) is 2. The lowest BCUT2D eigenvalue weighted by molar-refractivity contribution is -0.139. The summed E-state index contributed by atoms with van der Waals surface area (Å²) in [6.07, 6.45) is 0.943. The standard InChI is InChI=1S/C13H18N2O4/c1-2-7-14-13(19)15-11(12(17)18)8-9-3-5-10(16)6-4-9/h3-6,11,16H,2,7-8H2,1H3,(H,17,18)(H2,14,15,19)/t11-/m0/s1. The van der Waals surface area contributed by atoms with Gasteiger partial charge < -0.3 is 20.8 Å². The van der Waals surface area contributed by atoms with E-state index in [1.54, 1.807) is 12.1 Å². The zero-order chi connectivity index (χ0) is 14.3. The highest BCUT2D eigenvalue weighted by atomic mass is 16.4. The van der Waals surface area contributed by atoms with Gasteiger partial charge in [-0.05, 0) is 24.1 Å². The first kappa shape index (κ1) is 14.8. The monoisotopic (exact) mass is 266 g/mol. The lowest BCUT2D eigenvalue weighted by Crippen LogP contribution is -2.47. The summed E-state index contributed by atoms with van der Waals surface area (Å²) in [6.45, 7) is 2.41. The van der Waals surface area contributed by atoms with Crippen LogP contribution in [0.5, 0.6) is 5.75 Å². The number of carbonyl (C=O) groups excluding carboxylic acids is 1. The number of amides is 2. The number of carboxylic acid groups (broad SMARTS) is 1. The molecule has 19 heavy (non-hydrogen) atoms. The van der Waals surface area contributed by atoms with E-state index in [0.29, 0.717) is 6.54 Å². The van der Waals surface area contributed by atoms with E-state index in [4.69, 9.17) is 10.2 Å². The molecule has 0 aromatic heterocycles. The fourth-order valence-electron chi connectivity index (χ4n) is 1.52. The second kappa shape index (κ2) is 7.25. The molecule has 0 bridgehead atoms. The van der Waals surface area contributed by atoms with E-state index < -0.39 is 18.0 Å². The van der Waals surface area contributed by atoms with Crippen LogP contribution < -0.4 is 10.6 Å². The molecule has 0 spiro atoms. The average molecular weight is 266 g/mol. The number of rotatable bonds is 6. The summed E-state index contributed by atoms with van der Waals surface area (Å²) in [6, 6.07) is 4.71. The quantitative estimate of drug-likeness (QED) is 0.619. The predicted molar refractivity (Wildman–Crippen MR) is 70.1 cm³/mol. The van der Waals surface area contributed by atoms with Gasteiger partial charge in [0, 0.05) is 13.0 Å². The maximum Gasteiger partial charge on any atom is 0.326 e. The van der Waals surface area contributed by atoms with Crippen LogP contribution in [-0.4, -0.2) is 34.8 Å². The average Bonchev–Trinajstić information content (AvgIpc) is 2.38. The van der Waals surface area contributed by atoms with Crippen LogP contribution in [0.15, 0.2) is 24.3 Å². The van der Waals surface area contributed by atoms with Gasteiger partial charge in [-0.3, -0.25) is 0 Å². The van der Waals surface area contributed by atoms with Crippen molar-refractivity contribution in [2.75, 3.05) is 6.54 Å². The molecule has 1 aromatic rings. The Morgan fingerprint density at radius 2 is 1.89 bits per heavy atom. The highest BCUT2D eigenvalue weighted by Crippen LogP contribution is 2.11. The molecule has 0 saturated heterocycles. The highest BCUT2D eigenvalue weighted by molar-refractivity contribution is 5.82. The normalized spacial score (nSPS) is 11.6. The number of benzene rings is 1. The van der Waals surface area contributed by atoms with E-state index in [2.05, 4.69) is 10.6 Å². The summed E-state index contributed by atoms with van der Waals surface area (Å²) in [4.78, 5) is 22.5. The first-order valence-electron chi connectivity index (χ1n) is 6.08. The molecule has 0 heterocycles. The molecule has 0 fully saturated rings. The summed E-state index contributed by atoms with van der Waals surface area (Å²) >= 11 is 0. The van der Waals surface area contributed by atoms with Crippen LogP contribution in [0.3, 0.4) is 0 Å². The second-order valence-corrected chi connectivity index (χ2v) is 4.16. The van der Waals surface area contributed by atoms with E-state index in [9.17, 15) is 9.59 Å². The lowest BCUT2D eigenvalue weighted by Gasteiger charge is -2.15. The van der Waals surface area contributed by atoms with Crippen molar-refractivity contribution < 1.29 is 19.8 Å². The predicted octanol–water partition coefficient (Wildman–Crippen LogP) is 1.10. The zero-order valence-corrected chi connectivity index (χ0v) is 10.7. The number of carbonyl (C=O) groups is 2. The molecule has 1 aromatic carbocycles. The summed E-state index contributed by atoms with van der Waals surface area (Å²) < 4.78 is 0. The zero-order valence-electron chi connectivity index (χ0n) is 10.7. The van der Waals surface area contributed by atoms with Gasteiger partial charge in [0.15, 0.2) is 0 Å². The molecule has 0 radical (unpaired) electrons. The number of hydrogen-bond acceptors (Lipinski definition) is 3. The van der Waals surface area contributed by atoms with Crippen molar-refractivity contribution in [2.45, 2.75) is 25.8 Å². The summed E-state index contributed by atoms with van der Waals surface area (Å²) in [5.41, 5.74) is 0.723. The molecule has 1 atom stereocenters. The molecule has 6 nitrogen and oxygen atoms in total. The highest BCUT2D eigenvalue weighted by Gasteiger charge is 2.20. The molecule has 6 heteroatoms. The number of aromatic hydroxyl groups is 1. The summed E-state index contributed by atoms with van der Waals surface area (Å²) in [7, 11) is 0. The third-order valence-corrected chi connectivity index (χ3v) is 2.52. The van der Waals surface area contributed by atoms with Gasteiger partial charge >= 0.3 is 12.0 Å². The summed E-state index contributed by atoms with van der Waals surface area (Å²) in [5.74, 6) is -0.982. The second-order valence-electron chi connectivity index (χ2n) is 4.16. The minimum absolute atomic E-state index is 0.115. The molecule has 104 valence electrons. The minimum atomic E-state index is -1.10. The molecule has 2 amide bonds. The van der Waals surface area contributed by atoms with Crippen LogP contribution in [0.1, 0.15) is 18.9 Å². The van der Waals surface area contributed by atoms with Crippen molar-refractivity contribution in [3.05, 3.63) is 29.8 Å². The van der Waals surface area contributed by atoms with Gasteiger partial charge in [-0.25, -0.2) is 9.59 Å². The van der Waals surface area contributed by atoms with Crippen LogP contribution in [0.25, 0.3) is 0 Å². The molecule has 0 aliphatic heterocycles. The van der Waals surface area contributed by atoms with E-state index >= 15 is 0 Å². The third-order valence-electron chi connectivity index (χ3n) is 2.52. The Labute approximate surface area is 111 Å². The number of aliphatic carboxylic acids is 1. The van der Waals surface area contributed by atoms with Crippen LogP contribution in [0, 0.1) is 0 Å². The maximum absolute atomic E-state index is 11.4. The van der Waals surface area contributed by atoms with Crippen molar-refractivity contribution >= 4 is 12.0 Å². The van der Waals surface area contributed by atoms with E-state index in [0.717, 1.165) is 12.0 Å². The van der Waals surface area contributed by atoms with Crippen molar-refractivity contribution in [1.29, 1.82) is 0 Å². The Morgan fingerprint density at radius 3 is 2.42 bits per heavy atom. The smallest absolute Gasteiger partial charge is 0.326 e. The summed E-state index contributed by atoms with van der Waals surface area (Å²) in [5, 5.41) is 23.2. The van der Waals surface area contributed by atoms with Crippen LogP contribution >= 0.6 is 0 Å². The number of phenolic OH excluding ortho intramolecular Hbond substituents is 1. The molecule has 1 rings (SSSR count). The van der Waals surface area contributed by atoms with Gasteiger partial charge in [-0.15, -0.1) is 0 Å². The molecule has 0 aliphatic carbocycles. The molecule has 0 unspecified atom stereocenters. The Hall–Kier alpha value is -2.24. The SMILES string of the molecule is CCCNC(=O)N[C@@H](Cc1ccc(O)cc1)C(=O)O. The largest absolute Gasteiger partial charge is 0.508 e. The van der Waals surface area contributed by atoms with Gasteiger partial charge in [0.2, 0.25) is 0 Å². The van der Waals surface area contributed by atoms with Gasteiger partial charge in [-0.1, -0.05) is 19.1 Å². The third kappa shape index (κ3) is 5.29.